The molecular formula is C13H19NO4S. The summed E-state index contributed by atoms with van der Waals surface area (Å²) >= 11 is 0. The Labute approximate surface area is 113 Å². The van der Waals surface area contributed by atoms with Crippen molar-refractivity contribution in [2.45, 2.75) is 25.3 Å². The van der Waals surface area contributed by atoms with Crippen molar-refractivity contribution in [3.8, 4) is 0 Å². The van der Waals surface area contributed by atoms with E-state index in [2.05, 4.69) is 5.32 Å². The van der Waals surface area contributed by atoms with E-state index >= 15 is 0 Å². The first kappa shape index (κ1) is 14.5. The number of aliphatic hydroxyl groups excluding tert-OH is 1. The Morgan fingerprint density at radius 2 is 2.11 bits per heavy atom. The van der Waals surface area contributed by atoms with Crippen LogP contribution in [0.4, 0.5) is 0 Å². The Morgan fingerprint density at radius 1 is 1.37 bits per heavy atom. The van der Waals surface area contributed by atoms with Gasteiger partial charge >= 0.3 is 0 Å². The molecule has 1 aliphatic rings. The van der Waals surface area contributed by atoms with E-state index in [0.29, 0.717) is 13.2 Å². The molecule has 0 amide bonds. The maximum Gasteiger partial charge on any atom is 0.154 e. The number of benzene rings is 1. The highest BCUT2D eigenvalue weighted by Crippen LogP contribution is 2.13. The molecule has 1 saturated heterocycles. The van der Waals surface area contributed by atoms with Crippen molar-refractivity contribution in [3.63, 3.8) is 0 Å². The second-order valence-electron chi connectivity index (χ2n) is 4.88. The van der Waals surface area contributed by atoms with Crippen LogP contribution in [0.3, 0.4) is 0 Å². The lowest BCUT2D eigenvalue weighted by Gasteiger charge is -2.15. The summed E-state index contributed by atoms with van der Waals surface area (Å²) in [5, 5.41) is 12.8. The Hall–Kier alpha value is -0.950. The molecule has 106 valence electrons. The topological polar surface area (TPSA) is 75.6 Å². The molecule has 0 aliphatic carbocycles. The molecule has 0 radical (unpaired) electrons. The summed E-state index contributed by atoms with van der Waals surface area (Å²) in [5.74, 6) is -0.139. The third-order valence-corrected chi connectivity index (χ3v) is 4.91. The molecule has 1 aliphatic heterocycles. The molecule has 2 atom stereocenters. The van der Waals surface area contributed by atoms with Gasteiger partial charge in [0.25, 0.3) is 0 Å². The number of sulfone groups is 1. The zero-order valence-electron chi connectivity index (χ0n) is 10.9. The van der Waals surface area contributed by atoms with Crippen molar-refractivity contribution in [3.05, 3.63) is 35.4 Å². The SMILES string of the molecule is COCc1cccc(CNC2CS(=O)(=O)CC2O)c1. The number of methoxy groups -OCH3 is 1. The molecule has 5 nitrogen and oxygen atoms in total. The zero-order valence-corrected chi connectivity index (χ0v) is 11.7. The maximum atomic E-state index is 11.4. The molecule has 1 aromatic carbocycles. The van der Waals surface area contributed by atoms with E-state index in [4.69, 9.17) is 4.74 Å². The second kappa shape index (κ2) is 6.00. The summed E-state index contributed by atoms with van der Waals surface area (Å²) in [5.41, 5.74) is 2.12. The molecule has 2 unspecified atom stereocenters. The van der Waals surface area contributed by atoms with Gasteiger partial charge in [-0.05, 0) is 11.1 Å². The van der Waals surface area contributed by atoms with Gasteiger partial charge in [-0.3, -0.25) is 0 Å². The summed E-state index contributed by atoms with van der Waals surface area (Å²) in [6, 6.07) is 7.50. The first-order chi connectivity index (χ1) is 9.00. The number of nitrogens with one attached hydrogen (secondary N) is 1. The van der Waals surface area contributed by atoms with Crippen molar-refractivity contribution in [1.82, 2.24) is 5.32 Å². The highest BCUT2D eigenvalue weighted by atomic mass is 32.2. The zero-order chi connectivity index (χ0) is 13.9. The number of hydrogen-bond acceptors (Lipinski definition) is 5. The van der Waals surface area contributed by atoms with Crippen LogP contribution in [0.15, 0.2) is 24.3 Å². The van der Waals surface area contributed by atoms with E-state index < -0.39 is 15.9 Å². The van der Waals surface area contributed by atoms with Crippen LogP contribution >= 0.6 is 0 Å². The molecule has 0 bridgehead atoms. The highest BCUT2D eigenvalue weighted by Gasteiger charge is 2.35. The van der Waals surface area contributed by atoms with Gasteiger partial charge in [0.05, 0.1) is 24.2 Å². The minimum atomic E-state index is -3.10. The van der Waals surface area contributed by atoms with Crippen molar-refractivity contribution < 1.29 is 18.3 Å². The van der Waals surface area contributed by atoms with Gasteiger partial charge in [-0.15, -0.1) is 0 Å². The van der Waals surface area contributed by atoms with Gasteiger partial charge in [0.15, 0.2) is 9.84 Å². The fourth-order valence-corrected chi connectivity index (χ4v) is 4.04. The third kappa shape index (κ3) is 4.01. The molecule has 1 fully saturated rings. The molecule has 2 rings (SSSR count). The molecular weight excluding hydrogens is 266 g/mol. The quantitative estimate of drug-likeness (QED) is 0.801. The second-order valence-corrected chi connectivity index (χ2v) is 7.04. The van der Waals surface area contributed by atoms with Crippen LogP contribution in [-0.2, 0) is 27.7 Å². The van der Waals surface area contributed by atoms with Gasteiger partial charge in [-0.2, -0.15) is 0 Å². The largest absolute Gasteiger partial charge is 0.390 e. The smallest absolute Gasteiger partial charge is 0.154 e. The van der Waals surface area contributed by atoms with E-state index in [9.17, 15) is 13.5 Å². The van der Waals surface area contributed by atoms with Gasteiger partial charge < -0.3 is 15.2 Å². The third-order valence-electron chi connectivity index (χ3n) is 3.19. The fraction of sp³-hybridized carbons (Fsp3) is 0.538. The van der Waals surface area contributed by atoms with Gasteiger partial charge in [0.2, 0.25) is 0 Å². The Balaban J connectivity index is 1.94. The van der Waals surface area contributed by atoms with Crippen LogP contribution in [0.2, 0.25) is 0 Å². The van der Waals surface area contributed by atoms with Crippen LogP contribution in [0.1, 0.15) is 11.1 Å². The summed E-state index contributed by atoms with van der Waals surface area (Å²) < 4.78 is 27.8. The fourth-order valence-electron chi connectivity index (χ4n) is 2.27. The lowest BCUT2D eigenvalue weighted by molar-refractivity contribution is 0.165. The van der Waals surface area contributed by atoms with E-state index in [1.54, 1.807) is 7.11 Å². The number of ether oxygens (including phenoxy) is 1. The van der Waals surface area contributed by atoms with Crippen LogP contribution in [-0.4, -0.2) is 44.3 Å². The minimum absolute atomic E-state index is 0.00588. The molecule has 1 heterocycles. The van der Waals surface area contributed by atoms with Crippen LogP contribution in [0.25, 0.3) is 0 Å². The van der Waals surface area contributed by atoms with E-state index in [1.807, 2.05) is 24.3 Å². The lowest BCUT2D eigenvalue weighted by atomic mass is 10.1. The van der Waals surface area contributed by atoms with Gasteiger partial charge in [-0.1, -0.05) is 24.3 Å². The Morgan fingerprint density at radius 3 is 2.74 bits per heavy atom. The molecule has 19 heavy (non-hydrogen) atoms. The average molecular weight is 285 g/mol. The van der Waals surface area contributed by atoms with Crippen molar-refractivity contribution >= 4 is 9.84 Å². The lowest BCUT2D eigenvalue weighted by Crippen LogP contribution is -2.38. The predicted octanol–water partition coefficient (Wildman–Crippen LogP) is 0.0805. The summed E-state index contributed by atoms with van der Waals surface area (Å²) in [6.45, 7) is 1.09. The molecule has 0 saturated carbocycles. The van der Waals surface area contributed by atoms with Crippen LogP contribution < -0.4 is 5.32 Å². The summed E-state index contributed by atoms with van der Waals surface area (Å²) in [4.78, 5) is 0. The van der Waals surface area contributed by atoms with Crippen molar-refractivity contribution in [2.75, 3.05) is 18.6 Å². The average Bonchev–Trinajstić information content (AvgIpc) is 2.61. The molecule has 0 spiro atoms. The first-order valence-corrected chi connectivity index (χ1v) is 8.01. The van der Waals surface area contributed by atoms with Gasteiger partial charge in [-0.25, -0.2) is 8.42 Å². The van der Waals surface area contributed by atoms with Crippen molar-refractivity contribution in [1.29, 1.82) is 0 Å². The highest BCUT2D eigenvalue weighted by molar-refractivity contribution is 7.91. The molecule has 1 aromatic rings. The summed E-state index contributed by atoms with van der Waals surface area (Å²) in [6.07, 6.45) is -0.813. The monoisotopic (exact) mass is 285 g/mol. The number of hydrogen-bond donors (Lipinski definition) is 2. The van der Waals surface area contributed by atoms with Crippen LogP contribution in [0, 0.1) is 0 Å². The maximum absolute atomic E-state index is 11.4. The predicted molar refractivity (Wildman–Crippen MR) is 72.4 cm³/mol. The van der Waals surface area contributed by atoms with E-state index in [1.165, 1.54) is 0 Å². The first-order valence-electron chi connectivity index (χ1n) is 6.19. The van der Waals surface area contributed by atoms with E-state index in [0.717, 1.165) is 11.1 Å². The standard InChI is InChI=1S/C13H19NO4S/c1-18-7-11-4-2-3-10(5-11)6-14-12-8-19(16,17)9-13(12)15/h2-5,12-15H,6-9H2,1H3. The van der Waals surface area contributed by atoms with E-state index in [-0.39, 0.29) is 17.5 Å². The normalized spacial score (nSPS) is 25.6. The van der Waals surface area contributed by atoms with Gasteiger partial charge in [0.1, 0.15) is 0 Å². The summed E-state index contributed by atoms with van der Waals surface area (Å²) in [7, 11) is -1.45. The van der Waals surface area contributed by atoms with Gasteiger partial charge in [0, 0.05) is 19.7 Å². The number of aliphatic hydroxyl groups is 1. The Kier molecular flexibility index (Phi) is 4.57. The minimum Gasteiger partial charge on any atom is -0.390 e. The van der Waals surface area contributed by atoms with Crippen molar-refractivity contribution in [2.24, 2.45) is 0 Å². The molecule has 2 N–H and O–H groups in total. The molecule has 0 aromatic heterocycles. The number of rotatable bonds is 5. The Bertz CT molecular complexity index is 529. The van der Waals surface area contributed by atoms with Crippen LogP contribution in [0.5, 0.6) is 0 Å². The molecule has 6 heteroatoms.